The molecule has 2 aromatic rings. The van der Waals surface area contributed by atoms with Crippen LogP contribution < -0.4 is 0 Å². The molecule has 0 spiro atoms. The van der Waals surface area contributed by atoms with Crippen molar-refractivity contribution in [2.45, 2.75) is 25.2 Å². The van der Waals surface area contributed by atoms with Gasteiger partial charge in [-0.2, -0.15) is 10.1 Å². The van der Waals surface area contributed by atoms with Crippen molar-refractivity contribution in [1.29, 1.82) is 0 Å². The Kier molecular flexibility index (Phi) is 1.59. The van der Waals surface area contributed by atoms with Gasteiger partial charge in [0.05, 0.1) is 0 Å². The number of aromatic amines is 1. The summed E-state index contributed by atoms with van der Waals surface area (Å²) in [4.78, 5) is 8.21. The largest absolute Gasteiger partial charge is 0.339 e. The first-order valence-electron chi connectivity index (χ1n) is 4.63. The number of nitrogens with zero attached hydrogens (tertiary/aromatic N) is 4. The van der Waals surface area contributed by atoms with Crippen LogP contribution in [-0.2, 0) is 0 Å². The quantitative estimate of drug-likeness (QED) is 0.769. The van der Waals surface area contributed by atoms with Gasteiger partial charge in [-0.15, -0.1) is 0 Å². The molecule has 14 heavy (non-hydrogen) atoms. The highest BCUT2D eigenvalue weighted by Gasteiger charge is 2.25. The molecule has 0 atom stereocenters. The van der Waals surface area contributed by atoms with Crippen LogP contribution in [0.25, 0.3) is 11.6 Å². The Bertz CT molecular complexity index is 417. The average Bonchev–Trinajstić information content (AvgIpc) is 2.65. The smallest absolute Gasteiger partial charge is 0.239 e. The molecule has 0 amide bonds. The van der Waals surface area contributed by atoms with Gasteiger partial charge in [0.25, 0.3) is 0 Å². The highest BCUT2D eigenvalue weighted by atomic mass is 16.5. The molecule has 72 valence electrons. The molecule has 0 aromatic carbocycles. The fourth-order valence-corrected chi connectivity index (χ4v) is 1.47. The Morgan fingerprint density at radius 3 is 3.00 bits per heavy atom. The zero-order chi connectivity index (χ0) is 9.38. The van der Waals surface area contributed by atoms with E-state index in [1.54, 1.807) is 0 Å². The summed E-state index contributed by atoms with van der Waals surface area (Å²) < 4.78 is 5.14. The third-order valence-electron chi connectivity index (χ3n) is 2.52. The summed E-state index contributed by atoms with van der Waals surface area (Å²) in [7, 11) is 0. The number of hydrogen-bond acceptors (Lipinski definition) is 5. The third-order valence-corrected chi connectivity index (χ3v) is 2.52. The molecule has 2 aromatic heterocycles. The summed E-state index contributed by atoms with van der Waals surface area (Å²) in [6, 6.07) is 0. The zero-order valence-corrected chi connectivity index (χ0v) is 7.47. The highest BCUT2D eigenvalue weighted by Crippen LogP contribution is 2.35. The molecule has 6 heteroatoms. The van der Waals surface area contributed by atoms with E-state index in [-0.39, 0.29) is 0 Å². The van der Waals surface area contributed by atoms with Crippen molar-refractivity contribution < 1.29 is 4.52 Å². The zero-order valence-electron chi connectivity index (χ0n) is 7.47. The molecule has 0 radical (unpaired) electrons. The molecule has 3 rings (SSSR count). The van der Waals surface area contributed by atoms with Gasteiger partial charge in [-0.05, 0) is 12.8 Å². The lowest BCUT2D eigenvalue weighted by atomic mass is 9.85. The Balaban J connectivity index is 1.90. The lowest BCUT2D eigenvalue weighted by Gasteiger charge is -2.20. The fourth-order valence-electron chi connectivity index (χ4n) is 1.47. The van der Waals surface area contributed by atoms with E-state index >= 15 is 0 Å². The van der Waals surface area contributed by atoms with E-state index in [1.165, 1.54) is 12.7 Å². The highest BCUT2D eigenvalue weighted by molar-refractivity contribution is 5.39. The van der Waals surface area contributed by atoms with Gasteiger partial charge in [-0.25, -0.2) is 4.98 Å². The van der Waals surface area contributed by atoms with Crippen molar-refractivity contribution in [1.82, 2.24) is 25.3 Å². The maximum atomic E-state index is 5.14. The lowest BCUT2D eigenvalue weighted by molar-refractivity contribution is 0.292. The Morgan fingerprint density at radius 2 is 2.36 bits per heavy atom. The number of hydrogen-bond donors (Lipinski definition) is 1. The van der Waals surface area contributed by atoms with Gasteiger partial charge in [-0.3, -0.25) is 5.10 Å². The molecule has 1 aliphatic carbocycles. The predicted octanol–water partition coefficient (Wildman–Crippen LogP) is 1.12. The molecule has 0 unspecified atom stereocenters. The first kappa shape index (κ1) is 7.66. The normalized spacial score (nSPS) is 16.9. The predicted molar refractivity (Wildman–Crippen MR) is 46.3 cm³/mol. The topological polar surface area (TPSA) is 80.5 Å². The van der Waals surface area contributed by atoms with Crippen LogP contribution in [0.5, 0.6) is 0 Å². The summed E-state index contributed by atoms with van der Waals surface area (Å²) in [6.07, 6.45) is 4.98. The van der Waals surface area contributed by atoms with Crippen molar-refractivity contribution in [2.75, 3.05) is 0 Å². The summed E-state index contributed by atoms with van der Waals surface area (Å²) in [5, 5.41) is 10.3. The van der Waals surface area contributed by atoms with Crippen molar-refractivity contribution in [3.05, 3.63) is 12.2 Å². The van der Waals surface area contributed by atoms with Crippen LogP contribution in [0.2, 0.25) is 0 Å². The van der Waals surface area contributed by atoms with Crippen molar-refractivity contribution >= 4 is 0 Å². The molecular weight excluding hydrogens is 182 g/mol. The minimum Gasteiger partial charge on any atom is -0.339 e. The van der Waals surface area contributed by atoms with Crippen molar-refractivity contribution in [2.24, 2.45) is 0 Å². The molecule has 0 aliphatic heterocycles. The van der Waals surface area contributed by atoms with Crippen LogP contribution >= 0.6 is 0 Å². The minimum atomic E-state index is 0.458. The molecule has 1 saturated carbocycles. The number of nitrogens with one attached hydrogen (secondary N) is 1. The van der Waals surface area contributed by atoms with Gasteiger partial charge in [0, 0.05) is 5.92 Å². The van der Waals surface area contributed by atoms with E-state index in [0.717, 1.165) is 18.7 Å². The van der Waals surface area contributed by atoms with Gasteiger partial charge in [0.1, 0.15) is 6.33 Å². The molecule has 2 heterocycles. The standard InChI is InChI=1S/C8H9N5O/c1-2-5(3-1)8-11-7(13-14-8)6-9-4-10-12-6/h4-5H,1-3H2,(H,9,10,12). The first-order chi connectivity index (χ1) is 6.93. The Hall–Kier alpha value is -1.72. The number of aromatic nitrogens is 5. The number of rotatable bonds is 2. The van der Waals surface area contributed by atoms with Gasteiger partial charge in [0.2, 0.25) is 11.7 Å². The summed E-state index contributed by atoms with van der Waals surface area (Å²) in [6.45, 7) is 0. The molecule has 0 bridgehead atoms. The van der Waals surface area contributed by atoms with Crippen molar-refractivity contribution in [3.8, 4) is 11.6 Å². The molecule has 1 N–H and O–H groups in total. The van der Waals surface area contributed by atoms with Gasteiger partial charge in [-0.1, -0.05) is 11.6 Å². The van der Waals surface area contributed by atoms with E-state index in [1.807, 2.05) is 0 Å². The molecule has 0 saturated heterocycles. The SMILES string of the molecule is c1n[nH]c(-c2noc(C3CCC3)n2)n1. The third kappa shape index (κ3) is 1.11. The van der Waals surface area contributed by atoms with Crippen LogP contribution in [0.15, 0.2) is 10.9 Å². The molecular formula is C8H9N5O. The van der Waals surface area contributed by atoms with Crippen LogP contribution in [0.4, 0.5) is 0 Å². The monoisotopic (exact) mass is 191 g/mol. The summed E-state index contributed by atoms with van der Waals surface area (Å²) in [5.74, 6) is 2.23. The molecule has 1 aliphatic rings. The van der Waals surface area contributed by atoms with Crippen LogP contribution in [0.1, 0.15) is 31.1 Å². The lowest BCUT2D eigenvalue weighted by Crippen LogP contribution is -2.08. The fraction of sp³-hybridized carbons (Fsp3) is 0.500. The molecule has 1 fully saturated rings. The second kappa shape index (κ2) is 2.90. The van der Waals surface area contributed by atoms with Crippen LogP contribution in [0, 0.1) is 0 Å². The van der Waals surface area contributed by atoms with E-state index in [2.05, 4.69) is 25.3 Å². The number of H-pyrrole nitrogens is 1. The maximum Gasteiger partial charge on any atom is 0.239 e. The van der Waals surface area contributed by atoms with E-state index in [9.17, 15) is 0 Å². The average molecular weight is 191 g/mol. The van der Waals surface area contributed by atoms with Crippen molar-refractivity contribution in [3.63, 3.8) is 0 Å². The van der Waals surface area contributed by atoms with E-state index in [4.69, 9.17) is 4.52 Å². The van der Waals surface area contributed by atoms with E-state index in [0.29, 0.717) is 17.6 Å². The molecule has 6 nitrogen and oxygen atoms in total. The van der Waals surface area contributed by atoms with Crippen LogP contribution in [-0.4, -0.2) is 25.3 Å². The second-order valence-corrected chi connectivity index (χ2v) is 3.42. The van der Waals surface area contributed by atoms with Gasteiger partial charge in [0.15, 0.2) is 5.82 Å². The van der Waals surface area contributed by atoms with Gasteiger partial charge < -0.3 is 4.52 Å². The second-order valence-electron chi connectivity index (χ2n) is 3.42. The summed E-state index contributed by atoms with van der Waals surface area (Å²) in [5.41, 5.74) is 0. The summed E-state index contributed by atoms with van der Waals surface area (Å²) >= 11 is 0. The Morgan fingerprint density at radius 1 is 1.43 bits per heavy atom. The Labute approximate surface area is 79.7 Å². The van der Waals surface area contributed by atoms with Gasteiger partial charge >= 0.3 is 0 Å². The maximum absolute atomic E-state index is 5.14. The van der Waals surface area contributed by atoms with E-state index < -0.39 is 0 Å². The minimum absolute atomic E-state index is 0.458. The first-order valence-corrected chi connectivity index (χ1v) is 4.63. The van der Waals surface area contributed by atoms with Crippen LogP contribution in [0.3, 0.4) is 0 Å².